The number of halogens is 3. The second kappa shape index (κ2) is 6.99. The lowest BCUT2D eigenvalue weighted by atomic mass is 9.89. The van der Waals surface area contributed by atoms with Crippen LogP contribution in [0, 0.1) is 5.92 Å². The predicted octanol–water partition coefficient (Wildman–Crippen LogP) is 1.38. The van der Waals surface area contributed by atoms with Gasteiger partial charge in [0.15, 0.2) is 0 Å². The molecular weight excluding hydrogens is 311 g/mol. The third-order valence-electron chi connectivity index (χ3n) is 3.59. The Hall–Kier alpha value is -2.09. The largest absolute Gasteiger partial charge is 0.416 e. The molecule has 0 aromatic heterocycles. The molecule has 1 aromatic carbocycles. The van der Waals surface area contributed by atoms with E-state index in [2.05, 4.69) is 10.6 Å². The van der Waals surface area contributed by atoms with Crippen LogP contribution in [0.15, 0.2) is 24.3 Å². The Kier molecular flexibility index (Phi) is 5.76. The molecule has 2 amide bonds. The zero-order chi connectivity index (χ0) is 17.8. The highest BCUT2D eigenvalue weighted by molar-refractivity contribution is 5.91. The maximum atomic E-state index is 12.8. The first-order valence-electron chi connectivity index (χ1n) is 6.96. The van der Waals surface area contributed by atoms with Crippen LogP contribution >= 0.6 is 0 Å². The molecule has 0 heterocycles. The van der Waals surface area contributed by atoms with Crippen LogP contribution in [0.1, 0.15) is 25.0 Å². The van der Waals surface area contributed by atoms with E-state index in [1.165, 1.54) is 19.1 Å². The van der Waals surface area contributed by atoms with E-state index >= 15 is 0 Å². The number of hydrogen-bond donors (Lipinski definition) is 3. The highest BCUT2D eigenvalue weighted by atomic mass is 19.4. The molecule has 5 nitrogen and oxygen atoms in total. The smallest absolute Gasteiger partial charge is 0.367 e. The van der Waals surface area contributed by atoms with Crippen LogP contribution in [0.5, 0.6) is 0 Å². The average Bonchev–Trinajstić information content (AvgIpc) is 2.46. The summed E-state index contributed by atoms with van der Waals surface area (Å²) in [5, 5.41) is 5.26. The van der Waals surface area contributed by atoms with Crippen LogP contribution < -0.4 is 16.4 Å². The highest BCUT2D eigenvalue weighted by Gasteiger charge is 2.38. The van der Waals surface area contributed by atoms with Crippen LogP contribution in [0.25, 0.3) is 0 Å². The molecule has 2 atom stereocenters. The summed E-state index contributed by atoms with van der Waals surface area (Å²) in [5.74, 6) is -1.91. The number of nitrogens with one attached hydrogen (secondary N) is 2. The molecule has 0 bridgehead atoms. The van der Waals surface area contributed by atoms with Gasteiger partial charge in [0, 0.05) is 12.5 Å². The summed E-state index contributed by atoms with van der Waals surface area (Å²) in [6.45, 7) is 3.26. The Morgan fingerprint density at radius 3 is 2.30 bits per heavy atom. The summed E-state index contributed by atoms with van der Waals surface area (Å²) >= 11 is 0. The van der Waals surface area contributed by atoms with Crippen LogP contribution in [-0.2, 0) is 21.3 Å². The van der Waals surface area contributed by atoms with Gasteiger partial charge in [0.2, 0.25) is 11.8 Å². The van der Waals surface area contributed by atoms with Crippen LogP contribution in [-0.4, -0.2) is 25.4 Å². The number of carbonyl (C=O) groups excluding carboxylic acids is 2. The SMILES string of the molecule is CNCC(C)C(=O)NC(C)(C(N)=O)c1cccc(C(F)(F)F)c1. The monoisotopic (exact) mass is 331 g/mol. The number of hydrogen-bond acceptors (Lipinski definition) is 3. The minimum atomic E-state index is -4.56. The first-order valence-corrected chi connectivity index (χ1v) is 6.96. The molecule has 0 spiro atoms. The first-order chi connectivity index (χ1) is 10.5. The third kappa shape index (κ3) is 4.44. The third-order valence-corrected chi connectivity index (χ3v) is 3.59. The normalized spacial score (nSPS) is 15.6. The lowest BCUT2D eigenvalue weighted by molar-refractivity contribution is -0.138. The molecule has 1 rings (SSSR count). The van der Waals surface area contributed by atoms with Gasteiger partial charge in [-0.3, -0.25) is 9.59 Å². The van der Waals surface area contributed by atoms with Crippen LogP contribution in [0.2, 0.25) is 0 Å². The zero-order valence-electron chi connectivity index (χ0n) is 13.1. The summed E-state index contributed by atoms with van der Waals surface area (Å²) in [6.07, 6.45) is -4.56. The Labute approximate surface area is 132 Å². The Morgan fingerprint density at radius 1 is 1.26 bits per heavy atom. The van der Waals surface area contributed by atoms with Gasteiger partial charge in [-0.05, 0) is 31.7 Å². The second-order valence-corrected chi connectivity index (χ2v) is 5.52. The molecule has 0 aliphatic carbocycles. The van der Waals surface area contributed by atoms with Crippen molar-refractivity contribution in [2.24, 2.45) is 11.7 Å². The fourth-order valence-electron chi connectivity index (χ4n) is 2.05. The highest BCUT2D eigenvalue weighted by Crippen LogP contribution is 2.32. The fourth-order valence-corrected chi connectivity index (χ4v) is 2.05. The van der Waals surface area contributed by atoms with Crippen molar-refractivity contribution < 1.29 is 22.8 Å². The number of primary amides is 1. The van der Waals surface area contributed by atoms with E-state index < -0.39 is 35.0 Å². The van der Waals surface area contributed by atoms with Gasteiger partial charge in [-0.2, -0.15) is 13.2 Å². The zero-order valence-corrected chi connectivity index (χ0v) is 13.1. The van der Waals surface area contributed by atoms with Gasteiger partial charge in [-0.15, -0.1) is 0 Å². The number of alkyl halides is 3. The van der Waals surface area contributed by atoms with Gasteiger partial charge in [-0.1, -0.05) is 19.1 Å². The average molecular weight is 331 g/mol. The fraction of sp³-hybridized carbons (Fsp3) is 0.467. The van der Waals surface area contributed by atoms with E-state index in [0.29, 0.717) is 6.54 Å². The lowest BCUT2D eigenvalue weighted by Crippen LogP contribution is -2.54. The van der Waals surface area contributed by atoms with Crippen molar-refractivity contribution in [3.63, 3.8) is 0 Å². The van der Waals surface area contributed by atoms with E-state index in [9.17, 15) is 22.8 Å². The quantitative estimate of drug-likeness (QED) is 0.736. The number of amides is 2. The van der Waals surface area contributed by atoms with Gasteiger partial charge in [0.05, 0.1) is 5.56 Å². The van der Waals surface area contributed by atoms with Gasteiger partial charge in [0.25, 0.3) is 0 Å². The van der Waals surface area contributed by atoms with Crippen LogP contribution in [0.4, 0.5) is 13.2 Å². The standard InChI is InChI=1S/C15H20F3N3O2/c1-9(8-20-3)12(22)21-14(2,13(19)23)10-5-4-6-11(7-10)15(16,17)18/h4-7,9,20H,8H2,1-3H3,(H2,19,23)(H,21,22). The van der Waals surface area contributed by atoms with E-state index in [4.69, 9.17) is 5.73 Å². The number of benzene rings is 1. The molecule has 4 N–H and O–H groups in total. The molecule has 0 saturated carbocycles. The van der Waals surface area contributed by atoms with Gasteiger partial charge in [-0.25, -0.2) is 0 Å². The second-order valence-electron chi connectivity index (χ2n) is 5.52. The summed E-state index contributed by atoms with van der Waals surface area (Å²) in [6, 6.07) is 4.19. The van der Waals surface area contributed by atoms with Gasteiger partial charge < -0.3 is 16.4 Å². The molecule has 23 heavy (non-hydrogen) atoms. The van der Waals surface area contributed by atoms with Crippen molar-refractivity contribution in [2.45, 2.75) is 25.6 Å². The van der Waals surface area contributed by atoms with Crippen molar-refractivity contribution in [3.8, 4) is 0 Å². The van der Waals surface area contributed by atoms with Crippen LogP contribution in [0.3, 0.4) is 0 Å². The maximum absolute atomic E-state index is 12.8. The van der Waals surface area contributed by atoms with Gasteiger partial charge >= 0.3 is 6.18 Å². The maximum Gasteiger partial charge on any atom is 0.416 e. The molecular formula is C15H20F3N3O2. The molecule has 8 heteroatoms. The molecule has 0 radical (unpaired) electrons. The summed E-state index contributed by atoms with van der Waals surface area (Å²) in [7, 11) is 1.66. The Morgan fingerprint density at radius 2 is 1.83 bits per heavy atom. The molecule has 128 valence electrons. The molecule has 0 aliphatic rings. The number of rotatable bonds is 6. The van der Waals surface area contributed by atoms with Crippen molar-refractivity contribution >= 4 is 11.8 Å². The van der Waals surface area contributed by atoms with Crippen molar-refractivity contribution in [1.82, 2.24) is 10.6 Å². The summed E-state index contributed by atoms with van der Waals surface area (Å²) in [5.41, 5.74) is 2.66. The Balaban J connectivity index is 3.20. The molecule has 0 aliphatic heterocycles. The predicted molar refractivity (Wildman–Crippen MR) is 79.2 cm³/mol. The van der Waals surface area contributed by atoms with Gasteiger partial charge in [0.1, 0.15) is 5.54 Å². The number of carbonyl (C=O) groups is 2. The topological polar surface area (TPSA) is 84.2 Å². The van der Waals surface area contributed by atoms with E-state index in [0.717, 1.165) is 12.1 Å². The molecule has 0 fully saturated rings. The summed E-state index contributed by atoms with van der Waals surface area (Å²) in [4.78, 5) is 23.9. The van der Waals surface area contributed by atoms with Crippen molar-refractivity contribution in [3.05, 3.63) is 35.4 Å². The van der Waals surface area contributed by atoms with E-state index in [-0.39, 0.29) is 5.56 Å². The summed E-state index contributed by atoms with van der Waals surface area (Å²) < 4.78 is 38.5. The van der Waals surface area contributed by atoms with E-state index in [1.807, 2.05) is 0 Å². The molecule has 2 unspecified atom stereocenters. The molecule has 1 aromatic rings. The van der Waals surface area contributed by atoms with Crippen molar-refractivity contribution in [2.75, 3.05) is 13.6 Å². The lowest BCUT2D eigenvalue weighted by Gasteiger charge is -2.30. The Bertz CT molecular complexity index is 590. The first kappa shape index (κ1) is 19.0. The minimum absolute atomic E-state index is 0.0233. The molecule has 0 saturated heterocycles. The minimum Gasteiger partial charge on any atom is -0.367 e. The van der Waals surface area contributed by atoms with Crippen molar-refractivity contribution in [1.29, 1.82) is 0 Å². The number of nitrogens with two attached hydrogens (primary N) is 1. The van der Waals surface area contributed by atoms with E-state index in [1.54, 1.807) is 14.0 Å².